The van der Waals surface area contributed by atoms with Crippen LogP contribution < -0.4 is 10.6 Å². The van der Waals surface area contributed by atoms with Crippen LogP contribution in [-0.4, -0.2) is 25.2 Å². The van der Waals surface area contributed by atoms with Crippen LogP contribution in [0.4, 0.5) is 5.69 Å². The largest absolute Gasteiger partial charge is 0.378 e. The molecule has 0 bridgehead atoms. The zero-order chi connectivity index (χ0) is 13.7. The highest BCUT2D eigenvalue weighted by Gasteiger charge is 2.23. The van der Waals surface area contributed by atoms with Crippen molar-refractivity contribution in [1.82, 2.24) is 5.32 Å². The van der Waals surface area contributed by atoms with Crippen LogP contribution >= 0.6 is 0 Å². The molecule has 2 unspecified atom stereocenters. The Labute approximate surface area is 114 Å². The molecule has 0 spiro atoms. The molecule has 1 aliphatic rings. The van der Waals surface area contributed by atoms with Crippen molar-refractivity contribution in [2.75, 3.05) is 18.5 Å². The Morgan fingerprint density at radius 3 is 2.68 bits per heavy atom. The van der Waals surface area contributed by atoms with Crippen LogP contribution in [0.2, 0.25) is 0 Å². The molecular formula is C15H22N2O2. The summed E-state index contributed by atoms with van der Waals surface area (Å²) in [6.07, 6.45) is 1.52. The first-order valence-electron chi connectivity index (χ1n) is 6.84. The van der Waals surface area contributed by atoms with Crippen LogP contribution in [0, 0.1) is 5.92 Å². The highest BCUT2D eigenvalue weighted by atomic mass is 16.5. The molecule has 4 nitrogen and oxygen atoms in total. The first-order chi connectivity index (χ1) is 9.15. The number of carbonyl (C=O) groups excluding carboxylic acids is 1. The third-order valence-electron chi connectivity index (χ3n) is 3.54. The zero-order valence-corrected chi connectivity index (χ0v) is 11.6. The van der Waals surface area contributed by atoms with E-state index in [1.165, 1.54) is 12.5 Å². The fourth-order valence-corrected chi connectivity index (χ4v) is 2.36. The Morgan fingerprint density at radius 2 is 2.11 bits per heavy atom. The molecule has 2 N–H and O–H groups in total. The standard InChI is InChI=1S/C15H22N2O2/c1-11-14(7-8-19-11)10-16-9-13-3-5-15(6-4-13)17-12(2)18/h3-6,11,14,16H,7-10H2,1-2H3,(H,17,18). The van der Waals surface area contributed by atoms with Crippen molar-refractivity contribution in [2.45, 2.75) is 32.9 Å². The van der Waals surface area contributed by atoms with Crippen molar-refractivity contribution in [2.24, 2.45) is 5.92 Å². The van der Waals surface area contributed by atoms with Crippen molar-refractivity contribution in [3.05, 3.63) is 29.8 Å². The summed E-state index contributed by atoms with van der Waals surface area (Å²) in [6.45, 7) is 6.39. The number of ether oxygens (including phenoxy) is 1. The predicted octanol–water partition coefficient (Wildman–Crippen LogP) is 2.16. The SMILES string of the molecule is CC(=O)Nc1ccc(CNCC2CCOC2C)cc1. The number of anilines is 1. The van der Waals surface area contributed by atoms with Gasteiger partial charge in [-0.25, -0.2) is 0 Å². The van der Waals surface area contributed by atoms with Gasteiger partial charge in [0, 0.05) is 32.3 Å². The van der Waals surface area contributed by atoms with Gasteiger partial charge >= 0.3 is 0 Å². The fraction of sp³-hybridized carbons (Fsp3) is 0.533. The van der Waals surface area contributed by atoms with Gasteiger partial charge in [0.15, 0.2) is 0 Å². The van der Waals surface area contributed by atoms with E-state index in [-0.39, 0.29) is 5.91 Å². The minimum absolute atomic E-state index is 0.0407. The number of carbonyl (C=O) groups is 1. The summed E-state index contributed by atoms with van der Waals surface area (Å²) in [7, 11) is 0. The van der Waals surface area contributed by atoms with Crippen molar-refractivity contribution in [1.29, 1.82) is 0 Å². The van der Waals surface area contributed by atoms with Gasteiger partial charge in [-0.3, -0.25) is 4.79 Å². The van der Waals surface area contributed by atoms with Crippen molar-refractivity contribution in [3.8, 4) is 0 Å². The number of hydrogen-bond acceptors (Lipinski definition) is 3. The number of rotatable bonds is 5. The van der Waals surface area contributed by atoms with E-state index in [0.29, 0.717) is 12.0 Å². The summed E-state index contributed by atoms with van der Waals surface area (Å²) in [5.41, 5.74) is 2.06. The van der Waals surface area contributed by atoms with Crippen molar-refractivity contribution < 1.29 is 9.53 Å². The molecule has 1 amide bonds. The van der Waals surface area contributed by atoms with Gasteiger partial charge in [0.1, 0.15) is 0 Å². The third-order valence-corrected chi connectivity index (χ3v) is 3.54. The lowest BCUT2D eigenvalue weighted by Gasteiger charge is -2.14. The zero-order valence-electron chi connectivity index (χ0n) is 11.6. The van der Waals surface area contributed by atoms with E-state index in [2.05, 4.69) is 17.6 Å². The monoisotopic (exact) mass is 262 g/mol. The number of benzene rings is 1. The average molecular weight is 262 g/mol. The Bertz CT molecular complexity index is 417. The molecule has 2 rings (SSSR count). The second kappa shape index (κ2) is 6.68. The maximum absolute atomic E-state index is 10.9. The molecule has 0 aromatic heterocycles. The van der Waals surface area contributed by atoms with Crippen LogP contribution in [0.3, 0.4) is 0 Å². The Morgan fingerprint density at radius 1 is 1.37 bits per heavy atom. The molecule has 0 radical (unpaired) electrons. The number of nitrogens with one attached hydrogen (secondary N) is 2. The minimum Gasteiger partial charge on any atom is -0.378 e. The first kappa shape index (κ1) is 14.0. The van der Waals surface area contributed by atoms with Gasteiger partial charge in [-0.15, -0.1) is 0 Å². The lowest BCUT2D eigenvalue weighted by atomic mass is 10.0. The third kappa shape index (κ3) is 4.33. The Hall–Kier alpha value is -1.39. The van der Waals surface area contributed by atoms with E-state index >= 15 is 0 Å². The van der Waals surface area contributed by atoms with E-state index in [9.17, 15) is 4.79 Å². The molecule has 19 heavy (non-hydrogen) atoms. The Balaban J connectivity index is 1.75. The van der Waals surface area contributed by atoms with Crippen LogP contribution in [0.15, 0.2) is 24.3 Å². The first-order valence-corrected chi connectivity index (χ1v) is 6.84. The molecule has 1 fully saturated rings. The van der Waals surface area contributed by atoms with Gasteiger partial charge in [-0.1, -0.05) is 12.1 Å². The number of hydrogen-bond donors (Lipinski definition) is 2. The lowest BCUT2D eigenvalue weighted by molar-refractivity contribution is -0.114. The maximum Gasteiger partial charge on any atom is 0.221 e. The summed E-state index contributed by atoms with van der Waals surface area (Å²) in [5, 5.41) is 6.23. The van der Waals surface area contributed by atoms with E-state index in [1.54, 1.807) is 0 Å². The second-order valence-electron chi connectivity index (χ2n) is 5.13. The van der Waals surface area contributed by atoms with Gasteiger partial charge in [0.05, 0.1) is 6.10 Å². The van der Waals surface area contributed by atoms with Gasteiger partial charge in [-0.2, -0.15) is 0 Å². The minimum atomic E-state index is -0.0407. The van der Waals surface area contributed by atoms with Crippen LogP contribution in [0.5, 0.6) is 0 Å². The quantitative estimate of drug-likeness (QED) is 0.855. The molecule has 0 aliphatic carbocycles. The Kier molecular flexibility index (Phi) is 4.93. The molecule has 4 heteroatoms. The van der Waals surface area contributed by atoms with Gasteiger partial charge in [-0.05, 0) is 37.0 Å². The molecule has 1 aliphatic heterocycles. The van der Waals surface area contributed by atoms with Gasteiger partial charge < -0.3 is 15.4 Å². The topological polar surface area (TPSA) is 50.4 Å². The van der Waals surface area contributed by atoms with E-state index in [1.807, 2.05) is 24.3 Å². The molecular weight excluding hydrogens is 240 g/mol. The van der Waals surface area contributed by atoms with E-state index < -0.39 is 0 Å². The lowest BCUT2D eigenvalue weighted by Crippen LogP contribution is -2.26. The summed E-state index contributed by atoms with van der Waals surface area (Å²) >= 11 is 0. The van der Waals surface area contributed by atoms with Crippen molar-refractivity contribution in [3.63, 3.8) is 0 Å². The predicted molar refractivity (Wildman–Crippen MR) is 76.0 cm³/mol. The van der Waals surface area contributed by atoms with Crippen LogP contribution in [-0.2, 0) is 16.1 Å². The fourth-order valence-electron chi connectivity index (χ4n) is 2.36. The van der Waals surface area contributed by atoms with Crippen LogP contribution in [0.25, 0.3) is 0 Å². The van der Waals surface area contributed by atoms with Crippen LogP contribution in [0.1, 0.15) is 25.8 Å². The van der Waals surface area contributed by atoms with Gasteiger partial charge in [0.2, 0.25) is 5.91 Å². The molecule has 104 valence electrons. The maximum atomic E-state index is 10.9. The summed E-state index contributed by atoms with van der Waals surface area (Å²) in [6, 6.07) is 7.93. The highest BCUT2D eigenvalue weighted by molar-refractivity contribution is 5.88. The summed E-state index contributed by atoms with van der Waals surface area (Å²) in [5.74, 6) is 0.583. The molecule has 2 atom stereocenters. The van der Waals surface area contributed by atoms with E-state index in [4.69, 9.17) is 4.74 Å². The highest BCUT2D eigenvalue weighted by Crippen LogP contribution is 2.19. The number of amides is 1. The summed E-state index contributed by atoms with van der Waals surface area (Å²) in [4.78, 5) is 10.9. The van der Waals surface area contributed by atoms with Gasteiger partial charge in [0.25, 0.3) is 0 Å². The van der Waals surface area contributed by atoms with Crippen molar-refractivity contribution >= 4 is 11.6 Å². The summed E-state index contributed by atoms with van der Waals surface area (Å²) < 4.78 is 5.54. The molecule has 1 aromatic carbocycles. The smallest absolute Gasteiger partial charge is 0.221 e. The molecule has 1 saturated heterocycles. The average Bonchev–Trinajstić information content (AvgIpc) is 2.77. The molecule has 1 aromatic rings. The van der Waals surface area contributed by atoms with E-state index in [0.717, 1.165) is 31.8 Å². The molecule has 1 heterocycles. The second-order valence-corrected chi connectivity index (χ2v) is 5.13. The normalized spacial score (nSPS) is 22.4. The molecule has 0 saturated carbocycles.